The molecule has 0 N–H and O–H groups in total. The van der Waals surface area contributed by atoms with Crippen molar-refractivity contribution >= 4 is 22.5 Å². The molecule has 0 bridgehead atoms. The highest BCUT2D eigenvalue weighted by Crippen LogP contribution is 2.24. The van der Waals surface area contributed by atoms with Gasteiger partial charge >= 0.3 is 0 Å². The molecule has 3 aromatic rings. The fourth-order valence-electron chi connectivity index (χ4n) is 2.04. The number of nitrogens with zero attached hydrogens (tertiary/aromatic N) is 3. The SMILES string of the molecule is Cn1cncc1Cn1ccc2c(Cl)cccc21. The van der Waals surface area contributed by atoms with Crippen molar-refractivity contribution in [2.45, 2.75) is 6.54 Å². The zero-order valence-corrected chi connectivity index (χ0v) is 10.2. The Balaban J connectivity index is 2.07. The van der Waals surface area contributed by atoms with Gasteiger partial charge in [0, 0.05) is 35.4 Å². The van der Waals surface area contributed by atoms with E-state index in [0.29, 0.717) is 0 Å². The van der Waals surface area contributed by atoms with Gasteiger partial charge in [0.2, 0.25) is 0 Å². The minimum absolute atomic E-state index is 0.797. The number of rotatable bonds is 2. The third-order valence-corrected chi connectivity index (χ3v) is 3.34. The van der Waals surface area contributed by atoms with Gasteiger partial charge in [-0.25, -0.2) is 4.98 Å². The van der Waals surface area contributed by atoms with E-state index in [-0.39, 0.29) is 0 Å². The highest BCUT2D eigenvalue weighted by atomic mass is 35.5. The number of imidazole rings is 1. The van der Waals surface area contributed by atoms with Crippen LogP contribution in [-0.2, 0) is 13.6 Å². The first-order valence-corrected chi connectivity index (χ1v) is 5.82. The van der Waals surface area contributed by atoms with Crippen LogP contribution in [0.25, 0.3) is 10.9 Å². The number of aryl methyl sites for hydroxylation is 1. The summed E-state index contributed by atoms with van der Waals surface area (Å²) >= 11 is 6.15. The van der Waals surface area contributed by atoms with Crippen LogP contribution in [0, 0.1) is 0 Å². The monoisotopic (exact) mass is 245 g/mol. The fourth-order valence-corrected chi connectivity index (χ4v) is 2.27. The molecule has 1 aromatic carbocycles. The van der Waals surface area contributed by atoms with Crippen LogP contribution >= 0.6 is 11.6 Å². The quantitative estimate of drug-likeness (QED) is 0.680. The van der Waals surface area contributed by atoms with Gasteiger partial charge in [0.25, 0.3) is 0 Å². The molecule has 2 heterocycles. The second-order valence-electron chi connectivity index (χ2n) is 4.11. The van der Waals surface area contributed by atoms with Gasteiger partial charge in [-0.1, -0.05) is 17.7 Å². The molecule has 3 rings (SSSR count). The topological polar surface area (TPSA) is 22.8 Å². The normalized spacial score (nSPS) is 11.2. The number of aromatic nitrogens is 3. The highest BCUT2D eigenvalue weighted by Gasteiger charge is 2.05. The fraction of sp³-hybridized carbons (Fsp3) is 0.154. The molecule has 0 amide bonds. The molecule has 4 heteroatoms. The van der Waals surface area contributed by atoms with E-state index >= 15 is 0 Å². The summed E-state index contributed by atoms with van der Waals surface area (Å²) in [5.74, 6) is 0. The number of hydrogen-bond acceptors (Lipinski definition) is 1. The summed E-state index contributed by atoms with van der Waals surface area (Å²) in [4.78, 5) is 4.12. The highest BCUT2D eigenvalue weighted by molar-refractivity contribution is 6.35. The van der Waals surface area contributed by atoms with Crippen LogP contribution in [0.4, 0.5) is 0 Å². The van der Waals surface area contributed by atoms with Crippen molar-refractivity contribution in [3.63, 3.8) is 0 Å². The number of benzene rings is 1. The van der Waals surface area contributed by atoms with Crippen molar-refractivity contribution in [2.24, 2.45) is 7.05 Å². The standard InChI is InChI=1S/C13H12ClN3/c1-16-9-15-7-10(16)8-17-6-5-11-12(14)3-2-4-13(11)17/h2-7,9H,8H2,1H3. The maximum absolute atomic E-state index is 6.15. The van der Waals surface area contributed by atoms with Crippen LogP contribution in [0.5, 0.6) is 0 Å². The van der Waals surface area contributed by atoms with E-state index in [1.54, 1.807) is 0 Å². The Morgan fingerprint density at radius 1 is 1.29 bits per heavy atom. The molecule has 2 aromatic heterocycles. The molecule has 17 heavy (non-hydrogen) atoms. The van der Waals surface area contributed by atoms with Crippen LogP contribution in [0.2, 0.25) is 5.02 Å². The summed E-state index contributed by atoms with van der Waals surface area (Å²) in [5, 5.41) is 1.89. The van der Waals surface area contributed by atoms with Crippen LogP contribution in [0.1, 0.15) is 5.69 Å². The van der Waals surface area contributed by atoms with Crippen molar-refractivity contribution in [3.05, 3.63) is 53.7 Å². The zero-order valence-electron chi connectivity index (χ0n) is 9.47. The Kier molecular flexibility index (Phi) is 2.41. The van der Waals surface area contributed by atoms with Gasteiger partial charge in [-0.2, -0.15) is 0 Å². The Morgan fingerprint density at radius 3 is 2.94 bits per heavy atom. The Labute approximate surface area is 104 Å². The Morgan fingerprint density at radius 2 is 2.18 bits per heavy atom. The Bertz CT molecular complexity index is 666. The van der Waals surface area contributed by atoms with E-state index in [4.69, 9.17) is 11.6 Å². The third-order valence-electron chi connectivity index (χ3n) is 3.01. The van der Waals surface area contributed by atoms with Crippen LogP contribution in [0.15, 0.2) is 43.0 Å². The minimum Gasteiger partial charge on any atom is -0.341 e. The zero-order chi connectivity index (χ0) is 11.8. The summed E-state index contributed by atoms with van der Waals surface area (Å²) in [6, 6.07) is 8.02. The number of halogens is 1. The molecule has 86 valence electrons. The van der Waals surface area contributed by atoms with E-state index in [0.717, 1.165) is 22.5 Å². The predicted octanol–water partition coefficient (Wildman–Crippen LogP) is 3.08. The van der Waals surface area contributed by atoms with Crippen LogP contribution < -0.4 is 0 Å². The molecule has 0 saturated heterocycles. The van der Waals surface area contributed by atoms with Crippen LogP contribution in [0.3, 0.4) is 0 Å². The van der Waals surface area contributed by atoms with Gasteiger partial charge in [-0.05, 0) is 18.2 Å². The second kappa shape index (κ2) is 3.93. The van der Waals surface area contributed by atoms with Crippen molar-refractivity contribution in [2.75, 3.05) is 0 Å². The van der Waals surface area contributed by atoms with Gasteiger partial charge in [0.15, 0.2) is 0 Å². The van der Waals surface area contributed by atoms with Crippen molar-refractivity contribution in [1.29, 1.82) is 0 Å². The van der Waals surface area contributed by atoms with Gasteiger partial charge in [0.1, 0.15) is 0 Å². The van der Waals surface area contributed by atoms with E-state index < -0.39 is 0 Å². The largest absolute Gasteiger partial charge is 0.341 e. The number of fused-ring (bicyclic) bond motifs is 1. The van der Waals surface area contributed by atoms with Gasteiger partial charge in [-0.15, -0.1) is 0 Å². The second-order valence-corrected chi connectivity index (χ2v) is 4.52. The van der Waals surface area contributed by atoms with E-state index in [1.165, 1.54) is 5.69 Å². The first-order valence-electron chi connectivity index (χ1n) is 5.44. The van der Waals surface area contributed by atoms with Gasteiger partial charge < -0.3 is 9.13 Å². The maximum Gasteiger partial charge on any atom is 0.0946 e. The summed E-state index contributed by atoms with van der Waals surface area (Å²) in [6.45, 7) is 0.806. The molecule has 0 aliphatic carbocycles. The lowest BCUT2D eigenvalue weighted by molar-refractivity contribution is 0.744. The molecular weight excluding hydrogens is 234 g/mol. The van der Waals surface area contributed by atoms with Gasteiger partial charge in [-0.3, -0.25) is 0 Å². The average Bonchev–Trinajstić information content (AvgIpc) is 2.89. The van der Waals surface area contributed by atoms with Crippen LogP contribution in [-0.4, -0.2) is 14.1 Å². The predicted molar refractivity (Wildman–Crippen MR) is 69.3 cm³/mol. The Hall–Kier alpha value is -1.74. The van der Waals surface area contributed by atoms with Crippen molar-refractivity contribution in [3.8, 4) is 0 Å². The minimum atomic E-state index is 0.797. The molecule has 0 aliphatic rings. The molecule has 0 spiro atoms. The van der Waals surface area contributed by atoms with Crippen molar-refractivity contribution in [1.82, 2.24) is 14.1 Å². The number of hydrogen-bond donors (Lipinski definition) is 0. The average molecular weight is 246 g/mol. The van der Waals surface area contributed by atoms with E-state index in [1.807, 2.05) is 42.3 Å². The lowest BCUT2D eigenvalue weighted by Crippen LogP contribution is -2.02. The molecule has 0 unspecified atom stereocenters. The first kappa shape index (κ1) is 10.4. The molecular formula is C13H12ClN3. The molecule has 0 aliphatic heterocycles. The lowest BCUT2D eigenvalue weighted by atomic mass is 10.2. The van der Waals surface area contributed by atoms with Gasteiger partial charge in [0.05, 0.1) is 18.6 Å². The molecule has 0 saturated carbocycles. The first-order chi connectivity index (χ1) is 8.25. The summed E-state index contributed by atoms with van der Waals surface area (Å²) < 4.78 is 4.20. The molecule has 0 atom stereocenters. The van der Waals surface area contributed by atoms with Crippen molar-refractivity contribution < 1.29 is 0 Å². The molecule has 0 radical (unpaired) electrons. The maximum atomic E-state index is 6.15. The summed E-state index contributed by atoms with van der Waals surface area (Å²) in [5.41, 5.74) is 2.32. The summed E-state index contributed by atoms with van der Waals surface area (Å²) in [6.07, 6.45) is 5.76. The third kappa shape index (κ3) is 1.72. The molecule has 0 fully saturated rings. The summed E-state index contributed by atoms with van der Waals surface area (Å²) in [7, 11) is 2.00. The van der Waals surface area contributed by atoms with E-state index in [9.17, 15) is 0 Å². The lowest BCUT2D eigenvalue weighted by Gasteiger charge is -2.06. The smallest absolute Gasteiger partial charge is 0.0946 e. The van der Waals surface area contributed by atoms with E-state index in [2.05, 4.69) is 21.8 Å². The molecule has 3 nitrogen and oxygen atoms in total.